The average Bonchev–Trinajstić information content (AvgIpc) is 3.07. The Morgan fingerprint density at radius 3 is 3.00 bits per heavy atom. The van der Waals surface area contributed by atoms with Gasteiger partial charge in [0.1, 0.15) is 18.5 Å². The van der Waals surface area contributed by atoms with Crippen LogP contribution < -0.4 is 0 Å². The van der Waals surface area contributed by atoms with E-state index in [0.29, 0.717) is 24.8 Å². The molecule has 3 rings (SSSR count). The molecule has 0 radical (unpaired) electrons. The quantitative estimate of drug-likeness (QED) is 0.515. The molecule has 0 amide bonds. The van der Waals surface area contributed by atoms with Crippen LogP contribution >= 0.6 is 0 Å². The van der Waals surface area contributed by atoms with E-state index in [0.717, 1.165) is 25.5 Å². The molecule has 0 aromatic carbocycles. The Labute approximate surface area is 176 Å². The number of carbonyl (C=O) groups is 2. The lowest BCUT2D eigenvalue weighted by Crippen LogP contribution is -2.16. The average molecular weight is 417 g/mol. The normalized spacial score (nSPS) is 29.3. The minimum Gasteiger partial charge on any atom is -0.460 e. The smallest absolute Gasteiger partial charge is 0.460 e. The van der Waals surface area contributed by atoms with Gasteiger partial charge in [0.2, 0.25) is 0 Å². The van der Waals surface area contributed by atoms with E-state index >= 15 is 0 Å². The molecule has 4 atom stereocenters. The number of hydrogen-bond acceptors (Lipinski definition) is 6. The van der Waals surface area contributed by atoms with E-state index in [9.17, 15) is 14.0 Å². The van der Waals surface area contributed by atoms with Crippen molar-refractivity contribution < 1.29 is 28.2 Å². The van der Waals surface area contributed by atoms with Gasteiger partial charge in [-0.05, 0) is 63.4 Å². The molecule has 6 nitrogen and oxygen atoms in total. The molecule has 162 valence electrons. The SMILES string of the molecule is C[C@H]1CCC/C=C/[C@@H]2C[C@H](OC(=O)OCc3cncc(F)c3)C[C@H]2C/C=C/C(=O)O1. The van der Waals surface area contributed by atoms with Crippen LogP contribution in [0.4, 0.5) is 9.18 Å². The molecule has 1 aromatic heterocycles. The highest BCUT2D eigenvalue weighted by atomic mass is 19.1. The van der Waals surface area contributed by atoms with Crippen LogP contribution in [0.5, 0.6) is 0 Å². The Balaban J connectivity index is 1.53. The van der Waals surface area contributed by atoms with Gasteiger partial charge in [-0.15, -0.1) is 0 Å². The number of fused-ring (bicyclic) bond motifs is 1. The summed E-state index contributed by atoms with van der Waals surface area (Å²) in [7, 11) is 0. The number of ether oxygens (including phenoxy) is 3. The zero-order valence-electron chi connectivity index (χ0n) is 17.2. The predicted molar refractivity (Wildman–Crippen MR) is 108 cm³/mol. The van der Waals surface area contributed by atoms with Crippen molar-refractivity contribution in [1.82, 2.24) is 4.98 Å². The van der Waals surface area contributed by atoms with Gasteiger partial charge in [-0.1, -0.05) is 18.2 Å². The standard InChI is InChI=1S/C23H28FNO5/c1-16-6-3-2-4-7-18-11-21(12-19(18)8-5-9-22(26)29-16)30-23(27)28-15-17-10-20(24)14-25-13-17/h4-5,7,9-10,13-14,16,18-19,21H,2-3,6,8,11-12,15H2,1H3/b7-4+,9-5+/t16-,18+,19+,21-/m0/s1. The molecular weight excluding hydrogens is 389 g/mol. The van der Waals surface area contributed by atoms with Crippen molar-refractivity contribution in [3.05, 3.63) is 54.1 Å². The molecule has 0 spiro atoms. The van der Waals surface area contributed by atoms with Crippen LogP contribution in [0.25, 0.3) is 0 Å². The summed E-state index contributed by atoms with van der Waals surface area (Å²) < 4.78 is 29.1. The summed E-state index contributed by atoms with van der Waals surface area (Å²) in [4.78, 5) is 27.7. The zero-order chi connectivity index (χ0) is 21.3. The van der Waals surface area contributed by atoms with Crippen molar-refractivity contribution in [3.63, 3.8) is 0 Å². The first kappa shape index (κ1) is 22.0. The summed E-state index contributed by atoms with van der Waals surface area (Å²) in [5.74, 6) is -0.251. The molecule has 30 heavy (non-hydrogen) atoms. The third-order valence-electron chi connectivity index (χ3n) is 5.46. The number of nitrogens with zero attached hydrogens (tertiary/aromatic N) is 1. The number of aromatic nitrogens is 1. The number of cyclic esters (lactones) is 1. The summed E-state index contributed by atoms with van der Waals surface area (Å²) >= 11 is 0. The molecule has 1 fully saturated rings. The second kappa shape index (κ2) is 10.9. The van der Waals surface area contributed by atoms with Gasteiger partial charge in [-0.25, -0.2) is 14.0 Å². The lowest BCUT2D eigenvalue weighted by Gasteiger charge is -2.13. The molecule has 2 heterocycles. The molecule has 0 unspecified atom stereocenters. The molecule has 0 N–H and O–H groups in total. The van der Waals surface area contributed by atoms with E-state index in [4.69, 9.17) is 14.2 Å². The highest BCUT2D eigenvalue weighted by Crippen LogP contribution is 2.37. The molecule has 2 aliphatic rings. The highest BCUT2D eigenvalue weighted by Gasteiger charge is 2.34. The molecule has 1 aliphatic heterocycles. The summed E-state index contributed by atoms with van der Waals surface area (Å²) in [6, 6.07) is 1.26. The molecule has 1 aromatic rings. The fourth-order valence-electron chi connectivity index (χ4n) is 3.98. The lowest BCUT2D eigenvalue weighted by molar-refractivity contribution is -0.142. The number of pyridine rings is 1. The molecule has 1 saturated carbocycles. The summed E-state index contributed by atoms with van der Waals surface area (Å²) in [5, 5.41) is 0. The van der Waals surface area contributed by atoms with E-state index in [-0.39, 0.29) is 36.6 Å². The van der Waals surface area contributed by atoms with Gasteiger partial charge in [-0.3, -0.25) is 4.98 Å². The fourth-order valence-corrected chi connectivity index (χ4v) is 3.98. The van der Waals surface area contributed by atoms with Gasteiger partial charge in [0.05, 0.1) is 12.3 Å². The van der Waals surface area contributed by atoms with E-state index in [2.05, 4.69) is 17.1 Å². The van der Waals surface area contributed by atoms with Crippen LogP contribution in [-0.4, -0.2) is 29.3 Å². The second-order valence-corrected chi connectivity index (χ2v) is 7.93. The Morgan fingerprint density at radius 2 is 2.17 bits per heavy atom. The minimum absolute atomic E-state index is 0.0808. The van der Waals surface area contributed by atoms with Gasteiger partial charge < -0.3 is 14.2 Å². The highest BCUT2D eigenvalue weighted by molar-refractivity contribution is 5.82. The van der Waals surface area contributed by atoms with Crippen LogP contribution in [0.1, 0.15) is 51.0 Å². The number of esters is 1. The Hall–Kier alpha value is -2.70. The Morgan fingerprint density at radius 1 is 1.30 bits per heavy atom. The molecule has 1 aliphatic carbocycles. The second-order valence-electron chi connectivity index (χ2n) is 7.93. The number of carbonyl (C=O) groups excluding carboxylic acids is 2. The van der Waals surface area contributed by atoms with Crippen LogP contribution in [0.15, 0.2) is 42.8 Å². The number of rotatable bonds is 3. The van der Waals surface area contributed by atoms with E-state index in [1.54, 1.807) is 0 Å². The molecular formula is C23H28FNO5. The topological polar surface area (TPSA) is 74.7 Å². The summed E-state index contributed by atoms with van der Waals surface area (Å²) in [6.45, 7) is 1.82. The van der Waals surface area contributed by atoms with Crippen LogP contribution in [0.2, 0.25) is 0 Å². The predicted octanol–water partition coefficient (Wildman–Crippen LogP) is 4.89. The van der Waals surface area contributed by atoms with E-state index < -0.39 is 12.0 Å². The third-order valence-corrected chi connectivity index (χ3v) is 5.46. The van der Waals surface area contributed by atoms with Crippen LogP contribution in [0, 0.1) is 17.7 Å². The van der Waals surface area contributed by atoms with Gasteiger partial charge >= 0.3 is 12.1 Å². The first-order valence-electron chi connectivity index (χ1n) is 10.5. The van der Waals surface area contributed by atoms with Crippen molar-refractivity contribution in [2.45, 2.75) is 64.3 Å². The van der Waals surface area contributed by atoms with Crippen molar-refractivity contribution in [1.29, 1.82) is 0 Å². The van der Waals surface area contributed by atoms with E-state index in [1.165, 1.54) is 18.3 Å². The molecule has 0 saturated heterocycles. The van der Waals surface area contributed by atoms with Crippen molar-refractivity contribution >= 4 is 12.1 Å². The fraction of sp³-hybridized carbons (Fsp3) is 0.522. The van der Waals surface area contributed by atoms with Gasteiger partial charge in [0, 0.05) is 17.8 Å². The minimum atomic E-state index is -0.768. The Bertz CT molecular complexity index is 794. The lowest BCUT2D eigenvalue weighted by atomic mass is 9.92. The Kier molecular flexibility index (Phi) is 7.99. The number of allylic oxidation sites excluding steroid dienone is 3. The number of halogens is 1. The monoisotopic (exact) mass is 417 g/mol. The largest absolute Gasteiger partial charge is 0.508 e. The van der Waals surface area contributed by atoms with Gasteiger partial charge in [0.15, 0.2) is 0 Å². The molecule has 0 bridgehead atoms. The van der Waals surface area contributed by atoms with Crippen molar-refractivity contribution in [2.75, 3.05) is 0 Å². The third kappa shape index (κ3) is 6.97. The van der Waals surface area contributed by atoms with Crippen molar-refractivity contribution in [2.24, 2.45) is 11.8 Å². The first-order valence-corrected chi connectivity index (χ1v) is 10.5. The van der Waals surface area contributed by atoms with Crippen LogP contribution in [0.3, 0.4) is 0 Å². The summed E-state index contributed by atoms with van der Waals surface area (Å²) in [5.41, 5.74) is 0.463. The van der Waals surface area contributed by atoms with Crippen LogP contribution in [-0.2, 0) is 25.6 Å². The number of hydrogen-bond donors (Lipinski definition) is 0. The molecule has 7 heteroatoms. The summed E-state index contributed by atoms with van der Waals surface area (Å²) in [6.07, 6.45) is 14.0. The zero-order valence-corrected chi connectivity index (χ0v) is 17.2. The van der Waals surface area contributed by atoms with E-state index in [1.807, 2.05) is 13.0 Å². The maximum atomic E-state index is 13.2. The first-order chi connectivity index (χ1) is 14.5. The maximum Gasteiger partial charge on any atom is 0.508 e. The van der Waals surface area contributed by atoms with Gasteiger partial charge in [0.25, 0.3) is 0 Å². The maximum absolute atomic E-state index is 13.2. The van der Waals surface area contributed by atoms with Gasteiger partial charge in [-0.2, -0.15) is 0 Å². The van der Waals surface area contributed by atoms with Crippen molar-refractivity contribution in [3.8, 4) is 0 Å².